The van der Waals surface area contributed by atoms with Crippen molar-refractivity contribution in [1.82, 2.24) is 9.80 Å². The summed E-state index contributed by atoms with van der Waals surface area (Å²) in [5.74, 6) is 0.145. The van der Waals surface area contributed by atoms with Crippen molar-refractivity contribution in [1.29, 1.82) is 0 Å². The highest BCUT2D eigenvalue weighted by Crippen LogP contribution is 2.08. The van der Waals surface area contributed by atoms with Crippen LogP contribution in [0.3, 0.4) is 0 Å². The second-order valence-corrected chi connectivity index (χ2v) is 4.16. The summed E-state index contributed by atoms with van der Waals surface area (Å²) in [6.45, 7) is 10.2. The highest BCUT2D eigenvalue weighted by Gasteiger charge is 2.12. The molecule has 0 atom stereocenters. The average molecular weight is 210 g/mol. The van der Waals surface area contributed by atoms with E-state index in [4.69, 9.17) is 0 Å². The second kappa shape index (κ2) is 6.62. The van der Waals surface area contributed by atoms with Gasteiger partial charge in [-0.25, -0.2) is 0 Å². The molecule has 86 valence electrons. The zero-order chi connectivity index (χ0) is 11.1. The van der Waals surface area contributed by atoms with Gasteiger partial charge in [0.05, 0.1) is 0 Å². The largest absolute Gasteiger partial charge is 0.338 e. The molecule has 3 heteroatoms. The Hall–Kier alpha value is -0.830. The van der Waals surface area contributed by atoms with Crippen LogP contribution in [0.15, 0.2) is 12.7 Å². The van der Waals surface area contributed by atoms with Crippen molar-refractivity contribution in [2.24, 2.45) is 0 Å². The molecule has 0 aromatic heterocycles. The Balaban J connectivity index is 2.25. The summed E-state index contributed by atoms with van der Waals surface area (Å²) in [4.78, 5) is 15.6. The maximum Gasteiger partial charge on any atom is 0.219 e. The Bertz CT molecular complexity index is 210. The number of carbonyl (C=O) groups excluding carboxylic acids is 1. The molecule has 0 radical (unpaired) electrons. The predicted molar refractivity (Wildman–Crippen MR) is 62.7 cm³/mol. The van der Waals surface area contributed by atoms with Crippen LogP contribution < -0.4 is 0 Å². The molecule has 0 spiro atoms. The summed E-state index contributed by atoms with van der Waals surface area (Å²) >= 11 is 0. The van der Waals surface area contributed by atoms with Gasteiger partial charge in [0.15, 0.2) is 0 Å². The molecule has 1 aliphatic heterocycles. The van der Waals surface area contributed by atoms with Crippen LogP contribution in [0.5, 0.6) is 0 Å². The number of hydrogen-bond acceptors (Lipinski definition) is 2. The zero-order valence-corrected chi connectivity index (χ0v) is 9.74. The normalized spacial score (nSPS) is 17.4. The molecule has 0 aromatic carbocycles. The van der Waals surface area contributed by atoms with Gasteiger partial charge in [0.25, 0.3) is 0 Å². The van der Waals surface area contributed by atoms with Gasteiger partial charge in [-0.05, 0) is 25.9 Å². The van der Waals surface area contributed by atoms with E-state index in [1.54, 1.807) is 13.0 Å². The third-order valence-electron chi connectivity index (χ3n) is 2.93. The van der Waals surface area contributed by atoms with Crippen LogP contribution in [0.1, 0.15) is 26.2 Å². The van der Waals surface area contributed by atoms with Crippen LogP contribution in [0.2, 0.25) is 0 Å². The van der Waals surface area contributed by atoms with Gasteiger partial charge < -0.3 is 9.80 Å². The molecule has 0 aliphatic carbocycles. The van der Waals surface area contributed by atoms with Gasteiger partial charge in [0.1, 0.15) is 0 Å². The van der Waals surface area contributed by atoms with E-state index in [0.717, 1.165) is 13.1 Å². The monoisotopic (exact) mass is 210 g/mol. The van der Waals surface area contributed by atoms with Gasteiger partial charge >= 0.3 is 0 Å². The fourth-order valence-electron chi connectivity index (χ4n) is 1.98. The molecule has 0 unspecified atom stereocenters. The summed E-state index contributed by atoms with van der Waals surface area (Å²) < 4.78 is 0. The Labute approximate surface area is 92.7 Å². The van der Waals surface area contributed by atoms with Crippen molar-refractivity contribution in [2.45, 2.75) is 26.2 Å². The summed E-state index contributed by atoms with van der Waals surface area (Å²) in [7, 11) is 0. The van der Waals surface area contributed by atoms with Gasteiger partial charge in [-0.2, -0.15) is 0 Å². The summed E-state index contributed by atoms with van der Waals surface area (Å²) in [6, 6.07) is 0. The smallest absolute Gasteiger partial charge is 0.219 e. The molecule has 1 fully saturated rings. The third-order valence-corrected chi connectivity index (χ3v) is 2.93. The molecular weight excluding hydrogens is 188 g/mol. The molecule has 0 saturated carbocycles. The molecule has 1 aliphatic rings. The molecule has 15 heavy (non-hydrogen) atoms. The van der Waals surface area contributed by atoms with E-state index in [1.165, 1.54) is 32.4 Å². The van der Waals surface area contributed by atoms with E-state index in [1.807, 2.05) is 4.90 Å². The van der Waals surface area contributed by atoms with Crippen molar-refractivity contribution < 1.29 is 4.79 Å². The Morgan fingerprint density at radius 2 is 2.07 bits per heavy atom. The summed E-state index contributed by atoms with van der Waals surface area (Å²) in [5, 5.41) is 0. The standard InChI is InChI=1S/C12H22N2O/c1-3-7-14(12(2)15)11-10-13-8-5-4-6-9-13/h3H,1,4-11H2,2H3. The number of amides is 1. The van der Waals surface area contributed by atoms with Crippen LogP contribution in [0.25, 0.3) is 0 Å². The maximum atomic E-state index is 11.3. The van der Waals surface area contributed by atoms with E-state index >= 15 is 0 Å². The van der Waals surface area contributed by atoms with Crippen LogP contribution in [0.4, 0.5) is 0 Å². The molecule has 0 aromatic rings. The lowest BCUT2D eigenvalue weighted by Crippen LogP contribution is -2.39. The molecule has 3 nitrogen and oxygen atoms in total. The number of nitrogens with zero attached hydrogens (tertiary/aromatic N) is 2. The van der Waals surface area contributed by atoms with E-state index in [0.29, 0.717) is 6.54 Å². The Kier molecular flexibility index (Phi) is 5.40. The van der Waals surface area contributed by atoms with E-state index in [9.17, 15) is 4.79 Å². The van der Waals surface area contributed by atoms with E-state index in [-0.39, 0.29) is 5.91 Å². The molecule has 1 heterocycles. The minimum Gasteiger partial charge on any atom is -0.338 e. The van der Waals surface area contributed by atoms with Crippen molar-refractivity contribution in [3.8, 4) is 0 Å². The number of hydrogen-bond donors (Lipinski definition) is 0. The van der Waals surface area contributed by atoms with Crippen LogP contribution >= 0.6 is 0 Å². The molecule has 1 saturated heterocycles. The predicted octanol–water partition coefficient (Wildman–Crippen LogP) is 1.51. The minimum atomic E-state index is 0.145. The van der Waals surface area contributed by atoms with Crippen LogP contribution in [-0.4, -0.2) is 48.4 Å². The van der Waals surface area contributed by atoms with Crippen molar-refractivity contribution in [3.63, 3.8) is 0 Å². The van der Waals surface area contributed by atoms with E-state index < -0.39 is 0 Å². The first-order chi connectivity index (χ1) is 7.24. The Morgan fingerprint density at radius 1 is 1.40 bits per heavy atom. The number of rotatable bonds is 5. The lowest BCUT2D eigenvalue weighted by molar-refractivity contribution is -0.128. The maximum absolute atomic E-state index is 11.3. The first-order valence-electron chi connectivity index (χ1n) is 5.83. The molecule has 0 bridgehead atoms. The van der Waals surface area contributed by atoms with Gasteiger partial charge in [-0.3, -0.25) is 4.79 Å². The number of likely N-dealkylation sites (tertiary alicyclic amines) is 1. The molecule has 0 N–H and O–H groups in total. The number of carbonyl (C=O) groups is 1. The molecule has 1 rings (SSSR count). The topological polar surface area (TPSA) is 23.6 Å². The first-order valence-corrected chi connectivity index (χ1v) is 5.83. The van der Waals surface area contributed by atoms with Gasteiger partial charge in [0, 0.05) is 26.6 Å². The lowest BCUT2D eigenvalue weighted by Gasteiger charge is -2.29. The Morgan fingerprint density at radius 3 is 2.60 bits per heavy atom. The van der Waals surface area contributed by atoms with Gasteiger partial charge in [-0.1, -0.05) is 12.5 Å². The van der Waals surface area contributed by atoms with Crippen LogP contribution in [-0.2, 0) is 4.79 Å². The number of piperidine rings is 1. The van der Waals surface area contributed by atoms with Crippen molar-refractivity contribution in [2.75, 3.05) is 32.7 Å². The second-order valence-electron chi connectivity index (χ2n) is 4.16. The molecule has 1 amide bonds. The SMILES string of the molecule is C=CCN(CCN1CCCCC1)C(C)=O. The average Bonchev–Trinajstić information content (AvgIpc) is 2.25. The molecular formula is C12H22N2O. The fraction of sp³-hybridized carbons (Fsp3) is 0.750. The van der Waals surface area contributed by atoms with Gasteiger partial charge in [0.2, 0.25) is 5.91 Å². The first kappa shape index (κ1) is 12.2. The highest BCUT2D eigenvalue weighted by atomic mass is 16.2. The quantitative estimate of drug-likeness (QED) is 0.642. The highest BCUT2D eigenvalue weighted by molar-refractivity contribution is 5.73. The fourth-order valence-corrected chi connectivity index (χ4v) is 1.98. The summed E-state index contributed by atoms with van der Waals surface area (Å²) in [5.41, 5.74) is 0. The van der Waals surface area contributed by atoms with Crippen LogP contribution in [0, 0.1) is 0 Å². The van der Waals surface area contributed by atoms with Crippen molar-refractivity contribution >= 4 is 5.91 Å². The van der Waals surface area contributed by atoms with Gasteiger partial charge in [-0.15, -0.1) is 6.58 Å². The zero-order valence-electron chi connectivity index (χ0n) is 9.74. The minimum absolute atomic E-state index is 0.145. The van der Waals surface area contributed by atoms with Crippen molar-refractivity contribution in [3.05, 3.63) is 12.7 Å². The summed E-state index contributed by atoms with van der Waals surface area (Å²) in [6.07, 6.45) is 5.76. The third kappa shape index (κ3) is 4.47. The van der Waals surface area contributed by atoms with E-state index in [2.05, 4.69) is 11.5 Å². The lowest BCUT2D eigenvalue weighted by atomic mass is 10.1.